The summed E-state index contributed by atoms with van der Waals surface area (Å²) in [6.45, 7) is 1.26. The van der Waals surface area contributed by atoms with Crippen LogP contribution in [0.25, 0.3) is 0 Å². The van der Waals surface area contributed by atoms with Crippen molar-refractivity contribution in [1.82, 2.24) is 9.97 Å². The van der Waals surface area contributed by atoms with Crippen molar-refractivity contribution in [3.8, 4) is 0 Å². The van der Waals surface area contributed by atoms with Crippen molar-refractivity contribution in [1.29, 1.82) is 0 Å². The second-order valence-electron chi connectivity index (χ2n) is 6.17. The van der Waals surface area contributed by atoms with E-state index in [2.05, 4.69) is 9.97 Å². The Hall–Kier alpha value is -3.09. The Morgan fingerprint density at radius 2 is 1.80 bits per heavy atom. The van der Waals surface area contributed by atoms with Crippen LogP contribution in [0.5, 0.6) is 0 Å². The molecule has 0 bridgehead atoms. The predicted molar refractivity (Wildman–Crippen MR) is 110 cm³/mol. The second kappa shape index (κ2) is 11.8. The van der Waals surface area contributed by atoms with Crippen LogP contribution in [0.4, 0.5) is 11.6 Å². The van der Waals surface area contributed by atoms with Crippen molar-refractivity contribution in [2.45, 2.75) is 12.8 Å². The molecule has 0 fully saturated rings. The van der Waals surface area contributed by atoms with Gasteiger partial charge in [-0.1, -0.05) is 6.07 Å². The van der Waals surface area contributed by atoms with E-state index < -0.39 is 16.4 Å². The van der Waals surface area contributed by atoms with Crippen molar-refractivity contribution in [2.24, 2.45) is 0 Å². The molecule has 11 nitrogen and oxygen atoms in total. The van der Waals surface area contributed by atoms with E-state index in [0.717, 1.165) is 23.7 Å². The van der Waals surface area contributed by atoms with Gasteiger partial charge in [0.2, 0.25) is 0 Å². The van der Waals surface area contributed by atoms with Gasteiger partial charge in [0.05, 0.1) is 12.0 Å². The molecule has 0 spiro atoms. The number of carbonyl (C=O) groups excluding carboxylic acids is 1. The molecule has 164 valence electrons. The molecule has 12 heteroatoms. The lowest BCUT2D eigenvalue weighted by Crippen LogP contribution is -2.29. The minimum absolute atomic E-state index is 0.132. The molecular formula is C18H24N4O7S. The van der Waals surface area contributed by atoms with Gasteiger partial charge in [-0.3, -0.25) is 18.7 Å². The Morgan fingerprint density at radius 1 is 1.17 bits per heavy atom. The molecule has 0 aliphatic carbocycles. The van der Waals surface area contributed by atoms with Crippen LogP contribution in [0.3, 0.4) is 0 Å². The van der Waals surface area contributed by atoms with Crippen LogP contribution >= 0.6 is 0 Å². The van der Waals surface area contributed by atoms with Crippen molar-refractivity contribution in [2.75, 3.05) is 37.0 Å². The first kappa shape index (κ1) is 24.9. The van der Waals surface area contributed by atoms with E-state index in [1.54, 1.807) is 18.5 Å². The van der Waals surface area contributed by atoms with E-state index in [-0.39, 0.29) is 12.2 Å². The van der Waals surface area contributed by atoms with Crippen LogP contribution in [-0.2, 0) is 15.2 Å². The van der Waals surface area contributed by atoms with Crippen molar-refractivity contribution in [3.63, 3.8) is 0 Å². The summed E-state index contributed by atoms with van der Waals surface area (Å²) < 4.78 is 31.6. The van der Waals surface area contributed by atoms with Crippen LogP contribution in [-0.4, -0.2) is 71.5 Å². The summed E-state index contributed by atoms with van der Waals surface area (Å²) in [5.41, 5.74) is 0.756. The maximum atomic E-state index is 11.4. The highest BCUT2D eigenvalue weighted by Gasteiger charge is 2.20. The van der Waals surface area contributed by atoms with Crippen molar-refractivity contribution >= 4 is 33.8 Å². The van der Waals surface area contributed by atoms with Crippen LogP contribution < -0.4 is 9.80 Å². The summed E-state index contributed by atoms with van der Waals surface area (Å²) >= 11 is 0. The topological polar surface area (TPSA) is 161 Å². The molecule has 1 aliphatic heterocycles. The first-order chi connectivity index (χ1) is 14.0. The maximum Gasteiger partial charge on any atom is 0.394 e. The third-order valence-electron chi connectivity index (χ3n) is 3.82. The van der Waals surface area contributed by atoms with Crippen LogP contribution in [0.2, 0.25) is 0 Å². The van der Waals surface area contributed by atoms with Gasteiger partial charge >= 0.3 is 16.4 Å². The Kier molecular flexibility index (Phi) is 9.81. The number of anilines is 2. The average molecular weight is 440 g/mol. The average Bonchev–Trinajstić information content (AvgIpc) is 2.69. The molecule has 0 radical (unpaired) electrons. The lowest BCUT2D eigenvalue weighted by molar-refractivity contribution is -0.136. The lowest BCUT2D eigenvalue weighted by Gasteiger charge is -2.24. The molecule has 2 aromatic rings. The Labute approximate surface area is 174 Å². The monoisotopic (exact) mass is 440 g/mol. The normalized spacial score (nSPS) is 12.5. The van der Waals surface area contributed by atoms with Gasteiger partial charge in [0, 0.05) is 46.0 Å². The van der Waals surface area contributed by atoms with E-state index in [1.807, 2.05) is 48.2 Å². The number of rotatable bonds is 4. The summed E-state index contributed by atoms with van der Waals surface area (Å²) in [6, 6.07) is 9.19. The SMILES string of the molecule is CN(CCC(=O)O)c1ccccn1.CN1CCC(=O)c2cccnc21.O=S(=O)(O)O. The van der Waals surface area contributed by atoms with E-state index in [9.17, 15) is 9.59 Å². The van der Waals surface area contributed by atoms with Crippen LogP contribution in [0.1, 0.15) is 23.2 Å². The summed E-state index contributed by atoms with van der Waals surface area (Å²) in [7, 11) is -0.885. The van der Waals surface area contributed by atoms with E-state index in [0.29, 0.717) is 13.0 Å². The van der Waals surface area contributed by atoms with Gasteiger partial charge in [0.15, 0.2) is 5.78 Å². The number of nitrogens with zero attached hydrogens (tertiary/aromatic N) is 4. The molecule has 0 saturated carbocycles. The fourth-order valence-electron chi connectivity index (χ4n) is 2.39. The van der Waals surface area contributed by atoms with Gasteiger partial charge in [-0.2, -0.15) is 8.42 Å². The minimum Gasteiger partial charge on any atom is -0.481 e. The number of carboxylic acid groups (broad SMARTS) is 1. The fraction of sp³-hybridized carbons (Fsp3) is 0.333. The van der Waals surface area contributed by atoms with Crippen LogP contribution in [0.15, 0.2) is 42.7 Å². The summed E-state index contributed by atoms with van der Waals surface area (Å²) in [4.78, 5) is 33.7. The van der Waals surface area contributed by atoms with E-state index in [1.165, 1.54) is 0 Å². The third-order valence-corrected chi connectivity index (χ3v) is 3.82. The molecule has 0 amide bonds. The van der Waals surface area contributed by atoms with Crippen molar-refractivity contribution in [3.05, 3.63) is 48.3 Å². The number of carbonyl (C=O) groups is 2. The van der Waals surface area contributed by atoms with E-state index >= 15 is 0 Å². The number of fused-ring (bicyclic) bond motifs is 1. The van der Waals surface area contributed by atoms with Gasteiger partial charge in [-0.05, 0) is 24.3 Å². The highest BCUT2D eigenvalue weighted by molar-refractivity contribution is 7.79. The standard InChI is InChI=1S/C9H12N2O2.C9H10N2O.H2O4S/c1-11(7-5-9(12)13)8-4-2-3-6-10-8;1-11-6-4-8(12)7-3-2-5-10-9(7)11;1-5(2,3)4/h2-4,6H,5,7H2,1H3,(H,12,13);2-3,5H,4,6H2,1H3;(H2,1,2,3,4). The zero-order valence-electron chi connectivity index (χ0n) is 16.5. The first-order valence-corrected chi connectivity index (χ1v) is 10.1. The van der Waals surface area contributed by atoms with Crippen LogP contribution in [0, 0.1) is 0 Å². The van der Waals surface area contributed by atoms with Gasteiger partial charge in [-0.15, -0.1) is 0 Å². The predicted octanol–water partition coefficient (Wildman–Crippen LogP) is 1.44. The number of Topliss-reactive ketones (excluding diaryl/α,β-unsaturated/α-hetero) is 1. The number of hydrogen-bond donors (Lipinski definition) is 3. The molecule has 0 unspecified atom stereocenters. The Morgan fingerprint density at radius 3 is 2.33 bits per heavy atom. The molecule has 1 aliphatic rings. The maximum absolute atomic E-state index is 11.4. The highest BCUT2D eigenvalue weighted by Crippen LogP contribution is 2.22. The zero-order chi connectivity index (χ0) is 22.7. The molecule has 0 atom stereocenters. The number of carboxylic acids is 1. The smallest absolute Gasteiger partial charge is 0.394 e. The Bertz CT molecular complexity index is 931. The van der Waals surface area contributed by atoms with Gasteiger partial charge in [0.1, 0.15) is 11.6 Å². The van der Waals surface area contributed by atoms with Gasteiger partial charge in [0.25, 0.3) is 0 Å². The zero-order valence-corrected chi connectivity index (χ0v) is 17.4. The summed E-state index contributed by atoms with van der Waals surface area (Å²) in [5, 5.41) is 8.46. The summed E-state index contributed by atoms with van der Waals surface area (Å²) in [5.74, 6) is 1.02. The molecule has 2 aromatic heterocycles. The number of aliphatic carboxylic acids is 1. The second-order valence-corrected chi connectivity index (χ2v) is 7.07. The third kappa shape index (κ3) is 9.91. The summed E-state index contributed by atoms with van der Waals surface area (Å²) in [6.07, 6.45) is 4.14. The molecular weight excluding hydrogens is 416 g/mol. The molecule has 3 rings (SSSR count). The largest absolute Gasteiger partial charge is 0.481 e. The number of ketones is 1. The molecule has 0 saturated heterocycles. The lowest BCUT2D eigenvalue weighted by atomic mass is 10.1. The van der Waals surface area contributed by atoms with Crippen molar-refractivity contribution < 1.29 is 32.2 Å². The minimum atomic E-state index is -4.67. The number of hydrogen-bond acceptors (Lipinski definition) is 8. The first-order valence-electron chi connectivity index (χ1n) is 8.72. The number of pyridine rings is 2. The van der Waals surface area contributed by atoms with Gasteiger partial charge in [-0.25, -0.2) is 9.97 Å². The Balaban J connectivity index is 0.000000247. The molecule has 30 heavy (non-hydrogen) atoms. The molecule has 3 N–H and O–H groups in total. The number of aromatic nitrogens is 2. The quantitative estimate of drug-likeness (QED) is 0.590. The van der Waals surface area contributed by atoms with Gasteiger partial charge < -0.3 is 14.9 Å². The molecule has 0 aromatic carbocycles. The fourth-order valence-corrected chi connectivity index (χ4v) is 2.39. The van der Waals surface area contributed by atoms with E-state index in [4.69, 9.17) is 22.6 Å². The highest BCUT2D eigenvalue weighted by atomic mass is 32.3. The molecule has 3 heterocycles.